The molecule has 0 bridgehead atoms. The standard InChI is InChI=1S/C15H20N4O2/c1-11-4-5-13(21-3)12(8-11)19-15-9-14(17-10-18-15)16-6-7-20-2/h4-5,8-10H,6-7H2,1-3H3,(H2,16,17,18,19). The Morgan fingerprint density at radius 1 is 1.10 bits per heavy atom. The van der Waals surface area contributed by atoms with Crippen LogP contribution in [0.2, 0.25) is 0 Å². The van der Waals surface area contributed by atoms with Crippen LogP contribution in [0.5, 0.6) is 5.75 Å². The number of nitrogens with zero attached hydrogens (tertiary/aromatic N) is 2. The minimum atomic E-state index is 0.623. The average Bonchev–Trinajstić information content (AvgIpc) is 2.48. The van der Waals surface area contributed by atoms with Crippen molar-refractivity contribution in [1.29, 1.82) is 0 Å². The van der Waals surface area contributed by atoms with Crippen LogP contribution in [0.25, 0.3) is 0 Å². The Morgan fingerprint density at radius 3 is 2.67 bits per heavy atom. The average molecular weight is 288 g/mol. The summed E-state index contributed by atoms with van der Waals surface area (Å²) >= 11 is 0. The van der Waals surface area contributed by atoms with Gasteiger partial charge in [-0.3, -0.25) is 0 Å². The van der Waals surface area contributed by atoms with E-state index in [1.807, 2.05) is 31.2 Å². The molecule has 0 fully saturated rings. The number of rotatable bonds is 7. The van der Waals surface area contributed by atoms with Crippen LogP contribution in [-0.4, -0.2) is 37.3 Å². The highest BCUT2D eigenvalue weighted by molar-refractivity contribution is 5.66. The maximum Gasteiger partial charge on any atom is 0.142 e. The smallest absolute Gasteiger partial charge is 0.142 e. The van der Waals surface area contributed by atoms with Crippen molar-refractivity contribution in [3.63, 3.8) is 0 Å². The molecule has 2 aromatic rings. The van der Waals surface area contributed by atoms with Crippen molar-refractivity contribution in [1.82, 2.24) is 9.97 Å². The molecular weight excluding hydrogens is 268 g/mol. The summed E-state index contributed by atoms with van der Waals surface area (Å²) in [5.41, 5.74) is 2.02. The van der Waals surface area contributed by atoms with Gasteiger partial charge in [-0.05, 0) is 24.6 Å². The van der Waals surface area contributed by atoms with Crippen molar-refractivity contribution < 1.29 is 9.47 Å². The van der Waals surface area contributed by atoms with Gasteiger partial charge in [-0.1, -0.05) is 6.07 Å². The lowest BCUT2D eigenvalue weighted by Crippen LogP contribution is -2.09. The van der Waals surface area contributed by atoms with Crippen molar-refractivity contribution in [2.75, 3.05) is 38.0 Å². The highest BCUT2D eigenvalue weighted by Crippen LogP contribution is 2.28. The minimum absolute atomic E-state index is 0.623. The van der Waals surface area contributed by atoms with Crippen LogP contribution in [-0.2, 0) is 4.74 Å². The van der Waals surface area contributed by atoms with Crippen LogP contribution < -0.4 is 15.4 Å². The van der Waals surface area contributed by atoms with Gasteiger partial charge in [0.05, 0.1) is 19.4 Å². The Morgan fingerprint density at radius 2 is 1.90 bits per heavy atom. The molecule has 6 heteroatoms. The summed E-state index contributed by atoms with van der Waals surface area (Å²) in [4.78, 5) is 8.38. The first-order valence-electron chi connectivity index (χ1n) is 6.69. The number of ether oxygens (including phenoxy) is 2. The summed E-state index contributed by atoms with van der Waals surface area (Å²) < 4.78 is 10.3. The molecule has 1 aromatic heterocycles. The molecule has 2 N–H and O–H groups in total. The van der Waals surface area contributed by atoms with Gasteiger partial charge in [0.2, 0.25) is 0 Å². The molecule has 0 radical (unpaired) electrons. The van der Waals surface area contributed by atoms with Gasteiger partial charge in [0.15, 0.2) is 0 Å². The lowest BCUT2D eigenvalue weighted by molar-refractivity contribution is 0.210. The van der Waals surface area contributed by atoms with E-state index in [9.17, 15) is 0 Å². The van der Waals surface area contributed by atoms with Crippen molar-refractivity contribution in [2.24, 2.45) is 0 Å². The molecule has 0 aliphatic carbocycles. The van der Waals surface area contributed by atoms with E-state index in [1.165, 1.54) is 6.33 Å². The molecule has 21 heavy (non-hydrogen) atoms. The Bertz CT molecular complexity index is 590. The molecule has 2 rings (SSSR count). The van der Waals surface area contributed by atoms with Crippen LogP contribution in [0.4, 0.5) is 17.3 Å². The van der Waals surface area contributed by atoms with Gasteiger partial charge in [0.25, 0.3) is 0 Å². The number of anilines is 3. The monoisotopic (exact) mass is 288 g/mol. The zero-order chi connectivity index (χ0) is 15.1. The fourth-order valence-corrected chi connectivity index (χ4v) is 1.86. The zero-order valence-electron chi connectivity index (χ0n) is 12.5. The van der Waals surface area contributed by atoms with E-state index in [4.69, 9.17) is 9.47 Å². The third kappa shape index (κ3) is 4.32. The maximum atomic E-state index is 5.34. The molecule has 0 unspecified atom stereocenters. The lowest BCUT2D eigenvalue weighted by atomic mass is 10.2. The molecule has 0 aliphatic heterocycles. The molecular formula is C15H20N4O2. The van der Waals surface area contributed by atoms with E-state index in [-0.39, 0.29) is 0 Å². The molecule has 0 saturated carbocycles. The fourth-order valence-electron chi connectivity index (χ4n) is 1.86. The maximum absolute atomic E-state index is 5.34. The number of aryl methyl sites for hydroxylation is 1. The van der Waals surface area contributed by atoms with Gasteiger partial charge in [-0.15, -0.1) is 0 Å². The number of benzene rings is 1. The normalized spacial score (nSPS) is 10.2. The second-order valence-corrected chi connectivity index (χ2v) is 4.54. The van der Waals surface area contributed by atoms with Crippen molar-refractivity contribution in [2.45, 2.75) is 6.92 Å². The van der Waals surface area contributed by atoms with Crippen molar-refractivity contribution in [3.8, 4) is 5.75 Å². The Labute approximate surface area is 124 Å². The second-order valence-electron chi connectivity index (χ2n) is 4.54. The number of methoxy groups -OCH3 is 2. The van der Waals surface area contributed by atoms with E-state index < -0.39 is 0 Å². The molecule has 0 amide bonds. The highest BCUT2D eigenvalue weighted by atomic mass is 16.5. The van der Waals surface area contributed by atoms with Crippen molar-refractivity contribution >= 4 is 17.3 Å². The van der Waals surface area contributed by atoms with E-state index in [2.05, 4.69) is 20.6 Å². The minimum Gasteiger partial charge on any atom is -0.495 e. The third-order valence-electron chi connectivity index (χ3n) is 2.90. The molecule has 6 nitrogen and oxygen atoms in total. The Balaban J connectivity index is 2.12. The quantitative estimate of drug-likeness (QED) is 0.763. The molecule has 0 saturated heterocycles. The summed E-state index contributed by atoms with van der Waals surface area (Å²) in [5.74, 6) is 2.22. The highest BCUT2D eigenvalue weighted by Gasteiger charge is 2.05. The first-order valence-corrected chi connectivity index (χ1v) is 6.69. The molecule has 112 valence electrons. The van der Waals surface area contributed by atoms with Gasteiger partial charge < -0.3 is 20.1 Å². The molecule has 1 heterocycles. The first kappa shape index (κ1) is 15.1. The van der Waals surface area contributed by atoms with Gasteiger partial charge in [0.1, 0.15) is 23.7 Å². The second kappa shape index (κ2) is 7.44. The van der Waals surface area contributed by atoms with Crippen molar-refractivity contribution in [3.05, 3.63) is 36.2 Å². The third-order valence-corrected chi connectivity index (χ3v) is 2.90. The predicted molar refractivity (Wildman–Crippen MR) is 83.4 cm³/mol. The predicted octanol–water partition coefficient (Wildman–Crippen LogP) is 2.60. The lowest BCUT2D eigenvalue weighted by Gasteiger charge is -2.12. The Hall–Kier alpha value is -2.34. The van der Waals surface area contributed by atoms with Crippen LogP contribution in [0.3, 0.4) is 0 Å². The summed E-state index contributed by atoms with van der Waals surface area (Å²) in [6.45, 7) is 3.35. The molecule has 0 aliphatic rings. The number of hydrogen-bond donors (Lipinski definition) is 2. The van der Waals surface area contributed by atoms with Gasteiger partial charge in [-0.25, -0.2) is 9.97 Å². The summed E-state index contributed by atoms with van der Waals surface area (Å²) in [5, 5.41) is 6.41. The van der Waals surface area contributed by atoms with Crippen LogP contribution in [0, 0.1) is 6.92 Å². The molecule has 0 atom stereocenters. The zero-order valence-corrected chi connectivity index (χ0v) is 12.5. The summed E-state index contributed by atoms with van der Waals surface area (Å²) in [6.07, 6.45) is 1.51. The van der Waals surface area contributed by atoms with Crippen LogP contribution in [0.15, 0.2) is 30.6 Å². The van der Waals surface area contributed by atoms with E-state index >= 15 is 0 Å². The van der Waals surface area contributed by atoms with Crippen LogP contribution in [0.1, 0.15) is 5.56 Å². The van der Waals surface area contributed by atoms with Gasteiger partial charge in [0, 0.05) is 19.7 Å². The molecule has 0 spiro atoms. The van der Waals surface area contributed by atoms with Crippen LogP contribution >= 0.6 is 0 Å². The van der Waals surface area contributed by atoms with E-state index in [1.54, 1.807) is 14.2 Å². The van der Waals surface area contributed by atoms with E-state index in [0.29, 0.717) is 19.0 Å². The topological polar surface area (TPSA) is 68.3 Å². The number of aromatic nitrogens is 2. The van der Waals surface area contributed by atoms with E-state index in [0.717, 1.165) is 22.8 Å². The van der Waals surface area contributed by atoms with Gasteiger partial charge in [-0.2, -0.15) is 0 Å². The Kier molecular flexibility index (Phi) is 5.34. The largest absolute Gasteiger partial charge is 0.495 e. The number of nitrogens with one attached hydrogen (secondary N) is 2. The fraction of sp³-hybridized carbons (Fsp3) is 0.333. The number of hydrogen-bond acceptors (Lipinski definition) is 6. The summed E-state index contributed by atoms with van der Waals surface area (Å²) in [7, 11) is 3.31. The molecule has 1 aromatic carbocycles. The van der Waals surface area contributed by atoms with Gasteiger partial charge >= 0.3 is 0 Å². The first-order chi connectivity index (χ1) is 10.2. The summed E-state index contributed by atoms with van der Waals surface area (Å²) in [6, 6.07) is 7.79. The SMILES string of the molecule is COCCNc1cc(Nc2cc(C)ccc2OC)ncn1.